The van der Waals surface area contributed by atoms with Crippen LogP contribution in [0.25, 0.3) is 0 Å². The number of aryl methyl sites for hydroxylation is 2. The number of amides is 1. The molecule has 0 spiro atoms. The van der Waals surface area contributed by atoms with Gasteiger partial charge in [0, 0.05) is 12.2 Å². The first kappa shape index (κ1) is 19.7. The number of nitrogens with one attached hydrogen (secondary N) is 1. The molecule has 1 aliphatic rings. The van der Waals surface area contributed by atoms with Crippen molar-refractivity contribution in [3.8, 4) is 0 Å². The van der Waals surface area contributed by atoms with Gasteiger partial charge in [-0.05, 0) is 57.7 Å². The molecule has 0 saturated carbocycles. The van der Waals surface area contributed by atoms with Crippen molar-refractivity contribution in [3.63, 3.8) is 0 Å². The summed E-state index contributed by atoms with van der Waals surface area (Å²) in [5.41, 5.74) is 3.24. The third kappa shape index (κ3) is 5.36. The van der Waals surface area contributed by atoms with Crippen LogP contribution in [0.5, 0.6) is 0 Å². The van der Waals surface area contributed by atoms with Gasteiger partial charge in [-0.25, -0.2) is 0 Å². The molecule has 0 aliphatic carbocycles. The van der Waals surface area contributed by atoms with Crippen molar-refractivity contribution in [2.45, 2.75) is 52.5 Å². The summed E-state index contributed by atoms with van der Waals surface area (Å²) in [6, 6.07) is 6.14. The molecule has 0 aromatic heterocycles. The van der Waals surface area contributed by atoms with Crippen LogP contribution in [0.2, 0.25) is 0 Å². The summed E-state index contributed by atoms with van der Waals surface area (Å²) in [6.07, 6.45) is 8.58. The van der Waals surface area contributed by atoms with Gasteiger partial charge in [0.05, 0.1) is 6.04 Å². The molecular formula is C19H29ClN2O. The number of nitrogens with zero attached hydrogens (tertiary/aromatic N) is 1. The highest BCUT2D eigenvalue weighted by molar-refractivity contribution is 5.96. The zero-order valence-corrected chi connectivity index (χ0v) is 15.3. The number of allylic oxidation sites excluding steroid dienone is 1. The number of halogens is 1. The van der Waals surface area contributed by atoms with Crippen molar-refractivity contribution in [2.24, 2.45) is 0 Å². The molecule has 1 fully saturated rings. The van der Waals surface area contributed by atoms with Crippen molar-refractivity contribution in [2.75, 3.05) is 18.4 Å². The minimum Gasteiger partial charge on any atom is -0.324 e. The quantitative estimate of drug-likeness (QED) is 0.804. The number of hydrogen-bond acceptors (Lipinski definition) is 2. The number of benzene rings is 1. The minimum atomic E-state index is 0. The SMILES string of the molecule is C/C=C/CCN1CCCCC1C(=O)Nc1c(C)cccc1C.Cl. The Morgan fingerprint density at radius 2 is 2.00 bits per heavy atom. The Hall–Kier alpha value is -1.32. The van der Waals surface area contributed by atoms with E-state index in [1.54, 1.807) is 0 Å². The maximum absolute atomic E-state index is 12.7. The Bertz CT molecular complexity index is 522. The predicted molar refractivity (Wildman–Crippen MR) is 100 cm³/mol. The van der Waals surface area contributed by atoms with Crippen LogP contribution in [-0.4, -0.2) is 29.9 Å². The third-order valence-corrected chi connectivity index (χ3v) is 4.46. The zero-order chi connectivity index (χ0) is 15.9. The standard InChI is InChI=1S/C19H28N2O.ClH/c1-4-5-7-13-21-14-8-6-12-17(21)19(22)20-18-15(2)10-9-11-16(18)3;/h4-5,9-11,17H,6-8,12-14H2,1-3H3,(H,20,22);1H/b5-4+;. The molecule has 1 unspecified atom stereocenters. The van der Waals surface area contributed by atoms with Crippen molar-refractivity contribution < 1.29 is 4.79 Å². The van der Waals surface area contributed by atoms with Gasteiger partial charge in [0.2, 0.25) is 5.91 Å². The molecule has 128 valence electrons. The smallest absolute Gasteiger partial charge is 0.241 e. The fourth-order valence-electron chi connectivity index (χ4n) is 3.18. The fourth-order valence-corrected chi connectivity index (χ4v) is 3.18. The lowest BCUT2D eigenvalue weighted by Crippen LogP contribution is -2.47. The summed E-state index contributed by atoms with van der Waals surface area (Å²) in [7, 11) is 0. The molecule has 2 rings (SSSR count). The highest BCUT2D eigenvalue weighted by atomic mass is 35.5. The maximum atomic E-state index is 12.7. The third-order valence-electron chi connectivity index (χ3n) is 4.46. The van der Waals surface area contributed by atoms with Crippen LogP contribution in [0.3, 0.4) is 0 Å². The molecule has 1 N–H and O–H groups in total. The van der Waals surface area contributed by atoms with Gasteiger partial charge < -0.3 is 5.32 Å². The van der Waals surface area contributed by atoms with Gasteiger partial charge in [-0.15, -0.1) is 12.4 Å². The first-order valence-corrected chi connectivity index (χ1v) is 8.35. The van der Waals surface area contributed by atoms with E-state index in [2.05, 4.69) is 22.4 Å². The average molecular weight is 337 g/mol. The second kappa shape index (κ2) is 9.74. The summed E-state index contributed by atoms with van der Waals surface area (Å²) in [5.74, 6) is 0.151. The van der Waals surface area contributed by atoms with Crippen LogP contribution >= 0.6 is 12.4 Å². The van der Waals surface area contributed by atoms with Gasteiger partial charge in [-0.3, -0.25) is 9.69 Å². The minimum absolute atomic E-state index is 0. The van der Waals surface area contributed by atoms with E-state index in [4.69, 9.17) is 0 Å². The Kier molecular flexibility index (Phi) is 8.35. The van der Waals surface area contributed by atoms with Crippen LogP contribution in [-0.2, 0) is 4.79 Å². The number of likely N-dealkylation sites (tertiary alicyclic amines) is 1. The zero-order valence-electron chi connectivity index (χ0n) is 14.5. The van der Waals surface area contributed by atoms with Crippen molar-refractivity contribution in [1.82, 2.24) is 4.90 Å². The predicted octanol–water partition coefficient (Wildman–Crippen LogP) is 4.48. The van der Waals surface area contributed by atoms with Crippen molar-refractivity contribution in [3.05, 3.63) is 41.5 Å². The summed E-state index contributed by atoms with van der Waals surface area (Å²) < 4.78 is 0. The fraction of sp³-hybridized carbons (Fsp3) is 0.526. The van der Waals surface area contributed by atoms with Gasteiger partial charge in [-0.1, -0.05) is 36.8 Å². The van der Waals surface area contributed by atoms with Crippen molar-refractivity contribution in [1.29, 1.82) is 0 Å². The molecular weight excluding hydrogens is 308 g/mol. The van der Waals surface area contributed by atoms with Crippen LogP contribution < -0.4 is 5.32 Å². The Balaban J connectivity index is 0.00000264. The van der Waals surface area contributed by atoms with E-state index in [-0.39, 0.29) is 24.4 Å². The molecule has 1 saturated heterocycles. The van der Waals surface area contributed by atoms with Gasteiger partial charge in [0.1, 0.15) is 0 Å². The van der Waals surface area contributed by atoms with Crippen molar-refractivity contribution >= 4 is 24.0 Å². The van der Waals surface area contributed by atoms with Gasteiger partial charge in [0.25, 0.3) is 0 Å². The van der Waals surface area contributed by atoms with E-state index >= 15 is 0 Å². The molecule has 3 nitrogen and oxygen atoms in total. The number of para-hydroxylation sites is 1. The number of rotatable bonds is 5. The topological polar surface area (TPSA) is 32.3 Å². The van der Waals surface area contributed by atoms with Gasteiger partial charge in [0.15, 0.2) is 0 Å². The monoisotopic (exact) mass is 336 g/mol. The number of carbonyl (C=O) groups excluding carboxylic acids is 1. The molecule has 4 heteroatoms. The Labute approximate surface area is 146 Å². The van der Waals surface area contributed by atoms with Crippen LogP contribution in [0.15, 0.2) is 30.4 Å². The van der Waals surface area contributed by atoms with Gasteiger partial charge >= 0.3 is 0 Å². The maximum Gasteiger partial charge on any atom is 0.241 e. The number of piperidine rings is 1. The molecule has 1 aromatic carbocycles. The first-order valence-electron chi connectivity index (χ1n) is 8.35. The number of carbonyl (C=O) groups is 1. The summed E-state index contributed by atoms with van der Waals surface area (Å²) in [4.78, 5) is 15.1. The second-order valence-electron chi connectivity index (χ2n) is 6.16. The van der Waals surface area contributed by atoms with Gasteiger partial charge in [-0.2, -0.15) is 0 Å². The molecule has 0 bridgehead atoms. The Morgan fingerprint density at radius 1 is 1.30 bits per heavy atom. The van der Waals surface area contributed by atoms with E-state index in [0.29, 0.717) is 0 Å². The van der Waals surface area contributed by atoms with E-state index in [9.17, 15) is 4.79 Å². The second-order valence-corrected chi connectivity index (χ2v) is 6.16. The lowest BCUT2D eigenvalue weighted by molar-refractivity contribution is -0.122. The summed E-state index contributed by atoms with van der Waals surface area (Å²) in [5, 5.41) is 3.17. The van der Waals surface area contributed by atoms with E-state index in [1.165, 1.54) is 6.42 Å². The lowest BCUT2D eigenvalue weighted by atomic mass is 10.0. The van der Waals surface area contributed by atoms with E-state index < -0.39 is 0 Å². The van der Waals surface area contributed by atoms with E-state index in [1.807, 2.05) is 39.0 Å². The van der Waals surface area contributed by atoms with Crippen LogP contribution in [0.1, 0.15) is 43.7 Å². The number of anilines is 1. The molecule has 0 radical (unpaired) electrons. The molecule has 1 aromatic rings. The average Bonchev–Trinajstić information content (AvgIpc) is 2.51. The largest absolute Gasteiger partial charge is 0.324 e. The molecule has 23 heavy (non-hydrogen) atoms. The summed E-state index contributed by atoms with van der Waals surface area (Å²) in [6.45, 7) is 8.14. The molecule has 1 aliphatic heterocycles. The van der Waals surface area contributed by atoms with Crippen LogP contribution in [0, 0.1) is 13.8 Å². The molecule has 1 heterocycles. The lowest BCUT2D eigenvalue weighted by Gasteiger charge is -2.34. The Morgan fingerprint density at radius 3 is 2.65 bits per heavy atom. The molecule has 1 amide bonds. The normalized spacial score (nSPS) is 18.7. The summed E-state index contributed by atoms with van der Waals surface area (Å²) >= 11 is 0. The highest BCUT2D eigenvalue weighted by Gasteiger charge is 2.28. The number of hydrogen-bond donors (Lipinski definition) is 1. The first-order chi connectivity index (χ1) is 10.6. The highest BCUT2D eigenvalue weighted by Crippen LogP contribution is 2.23. The molecule has 1 atom stereocenters. The van der Waals surface area contributed by atoms with E-state index in [0.717, 1.165) is 49.2 Å². The van der Waals surface area contributed by atoms with Crippen LogP contribution in [0.4, 0.5) is 5.69 Å².